The summed E-state index contributed by atoms with van der Waals surface area (Å²) in [7, 11) is 0. The average Bonchev–Trinajstić information content (AvgIpc) is 2.58. The van der Waals surface area contributed by atoms with Crippen LogP contribution in [0.4, 0.5) is 0 Å². The van der Waals surface area contributed by atoms with Gasteiger partial charge in [0.05, 0.1) is 6.20 Å². The van der Waals surface area contributed by atoms with E-state index in [9.17, 15) is 0 Å². The summed E-state index contributed by atoms with van der Waals surface area (Å²) in [6.07, 6.45) is 1.45. The van der Waals surface area contributed by atoms with Gasteiger partial charge < -0.3 is 13.6 Å². The molecule has 68 valence electrons. The van der Waals surface area contributed by atoms with Crippen molar-refractivity contribution in [2.24, 2.45) is 0 Å². The third-order valence-electron chi connectivity index (χ3n) is 1.34. The maximum Gasteiger partial charge on any atom is 0.337 e. The lowest BCUT2D eigenvalue weighted by Gasteiger charge is -1.90. The summed E-state index contributed by atoms with van der Waals surface area (Å²) < 4.78 is 8.62. The molecule has 0 fully saturated rings. The topological polar surface area (TPSA) is 72.9 Å². The number of nitrogens with zero attached hydrogens (tertiary/aromatic N) is 3. The van der Waals surface area contributed by atoms with Gasteiger partial charge >= 0.3 is 12.0 Å². The molecule has 2 aromatic heterocycles. The number of rotatable bonds is 2. The van der Waals surface area contributed by atoms with Crippen LogP contribution in [0.5, 0.6) is 12.0 Å². The molecule has 0 aliphatic heterocycles. The fourth-order valence-electron chi connectivity index (χ4n) is 0.844. The van der Waals surface area contributed by atoms with E-state index >= 15 is 0 Å². The van der Waals surface area contributed by atoms with Gasteiger partial charge in [0.15, 0.2) is 5.65 Å². The Bertz CT molecular complexity index is 429. The third kappa shape index (κ3) is 1.45. The lowest BCUT2D eigenvalue weighted by molar-refractivity contribution is 0.563. The molecule has 13 heavy (non-hydrogen) atoms. The fourth-order valence-corrected chi connectivity index (χ4v) is 0.991. The molecule has 0 aliphatic carbocycles. The molecule has 8 heteroatoms. The lowest BCUT2D eigenvalue weighted by Crippen LogP contribution is -1.86. The molecular weight excluding hydrogens is 219 g/mol. The summed E-state index contributed by atoms with van der Waals surface area (Å²) in [4.78, 5) is 14.1. The van der Waals surface area contributed by atoms with E-state index in [4.69, 9.17) is 23.7 Å². The summed E-state index contributed by atoms with van der Waals surface area (Å²) in [5.74, 6) is 0. The molecule has 0 saturated carbocycles. The Labute approximate surface area is 82.2 Å². The van der Waals surface area contributed by atoms with Gasteiger partial charge in [-0.1, -0.05) is 0 Å². The molecule has 2 aromatic rings. The summed E-state index contributed by atoms with van der Waals surface area (Å²) in [6, 6.07) is 0.152. The Kier molecular flexibility index (Phi) is 2.07. The minimum atomic E-state index is 0.0155. The second-order valence-electron chi connectivity index (χ2n) is 2.09. The summed E-state index contributed by atoms with van der Waals surface area (Å²) in [6.45, 7) is 0. The van der Waals surface area contributed by atoms with Crippen LogP contribution < -0.4 is 8.58 Å². The van der Waals surface area contributed by atoms with Crippen molar-refractivity contribution in [3.63, 3.8) is 0 Å². The first-order chi connectivity index (χ1) is 6.33. The summed E-state index contributed by atoms with van der Waals surface area (Å²) in [5, 5.41) is 0. The van der Waals surface area contributed by atoms with E-state index in [0.29, 0.717) is 11.2 Å². The van der Waals surface area contributed by atoms with Crippen molar-refractivity contribution in [1.82, 2.24) is 19.9 Å². The zero-order valence-corrected chi connectivity index (χ0v) is 7.50. The maximum absolute atomic E-state index is 5.07. The SMILES string of the molecule is ClOc1ncc2[nH]c(OCl)nc2n1. The van der Waals surface area contributed by atoms with Crippen molar-refractivity contribution in [2.45, 2.75) is 0 Å². The number of H-pyrrole nitrogens is 1. The molecule has 2 rings (SSSR count). The van der Waals surface area contributed by atoms with Crippen molar-refractivity contribution in [2.75, 3.05) is 0 Å². The number of hydrogen-bond donors (Lipinski definition) is 1. The van der Waals surface area contributed by atoms with Gasteiger partial charge in [-0.3, -0.25) is 0 Å². The van der Waals surface area contributed by atoms with Crippen LogP contribution in [0.25, 0.3) is 11.2 Å². The number of aromatic nitrogens is 4. The van der Waals surface area contributed by atoms with Crippen molar-refractivity contribution < 1.29 is 8.58 Å². The van der Waals surface area contributed by atoms with Gasteiger partial charge in [-0.05, 0) is 0 Å². The highest BCUT2D eigenvalue weighted by Crippen LogP contribution is 2.15. The Morgan fingerprint density at radius 2 is 2.08 bits per heavy atom. The molecule has 6 nitrogen and oxygen atoms in total. The minimum absolute atomic E-state index is 0.0155. The molecule has 0 aliphatic rings. The molecule has 0 bridgehead atoms. The highest BCUT2D eigenvalue weighted by atomic mass is 35.5. The van der Waals surface area contributed by atoms with Gasteiger partial charge in [-0.2, -0.15) is 9.97 Å². The molecule has 0 radical (unpaired) electrons. The molecular formula is C5H2Cl2N4O2. The first kappa shape index (κ1) is 8.33. The molecule has 0 atom stereocenters. The fraction of sp³-hybridized carbons (Fsp3) is 0. The van der Waals surface area contributed by atoms with E-state index in [1.807, 2.05) is 0 Å². The minimum Gasteiger partial charge on any atom is -0.347 e. The molecule has 0 amide bonds. The first-order valence-electron chi connectivity index (χ1n) is 3.13. The normalized spacial score (nSPS) is 10.3. The van der Waals surface area contributed by atoms with Gasteiger partial charge in [-0.15, -0.1) is 0 Å². The lowest BCUT2D eigenvalue weighted by atomic mass is 10.6. The Morgan fingerprint density at radius 1 is 1.23 bits per heavy atom. The predicted octanol–water partition coefficient (Wildman–Crippen LogP) is 1.42. The highest BCUT2D eigenvalue weighted by Gasteiger charge is 2.06. The highest BCUT2D eigenvalue weighted by molar-refractivity contribution is 6.09. The maximum atomic E-state index is 5.07. The Hall–Kier alpha value is -1.27. The van der Waals surface area contributed by atoms with Crippen LogP contribution >= 0.6 is 23.7 Å². The van der Waals surface area contributed by atoms with E-state index in [-0.39, 0.29) is 12.0 Å². The van der Waals surface area contributed by atoms with Gasteiger partial charge in [-0.25, -0.2) is 4.98 Å². The van der Waals surface area contributed by atoms with E-state index in [0.717, 1.165) is 0 Å². The van der Waals surface area contributed by atoms with E-state index in [1.165, 1.54) is 6.20 Å². The number of nitrogens with one attached hydrogen (secondary N) is 1. The van der Waals surface area contributed by atoms with E-state index in [2.05, 4.69) is 28.5 Å². The number of hydrogen-bond acceptors (Lipinski definition) is 5. The number of halogens is 2. The quantitative estimate of drug-likeness (QED) is 0.829. The van der Waals surface area contributed by atoms with Gasteiger partial charge in [0, 0.05) is 0 Å². The second-order valence-corrected chi connectivity index (χ2v) is 2.39. The second kappa shape index (κ2) is 3.23. The van der Waals surface area contributed by atoms with Crippen molar-refractivity contribution in [1.29, 1.82) is 0 Å². The van der Waals surface area contributed by atoms with Crippen LogP contribution in [0.15, 0.2) is 6.20 Å². The predicted molar refractivity (Wildman–Crippen MR) is 44.6 cm³/mol. The Morgan fingerprint density at radius 3 is 2.77 bits per heavy atom. The van der Waals surface area contributed by atoms with Crippen molar-refractivity contribution in [3.8, 4) is 12.0 Å². The molecule has 0 saturated heterocycles. The van der Waals surface area contributed by atoms with E-state index < -0.39 is 0 Å². The van der Waals surface area contributed by atoms with Gasteiger partial charge in [0.25, 0.3) is 0 Å². The Balaban J connectivity index is 2.57. The average molecular weight is 221 g/mol. The number of fused-ring (bicyclic) bond motifs is 1. The molecule has 0 aromatic carbocycles. The van der Waals surface area contributed by atoms with Crippen LogP contribution in [0, 0.1) is 0 Å². The van der Waals surface area contributed by atoms with E-state index in [1.54, 1.807) is 0 Å². The van der Waals surface area contributed by atoms with Gasteiger partial charge in [0.2, 0.25) is 0 Å². The molecule has 0 unspecified atom stereocenters. The van der Waals surface area contributed by atoms with Crippen LogP contribution in [-0.2, 0) is 0 Å². The monoisotopic (exact) mass is 220 g/mol. The van der Waals surface area contributed by atoms with Crippen LogP contribution in [0.2, 0.25) is 0 Å². The zero-order chi connectivity index (χ0) is 9.26. The van der Waals surface area contributed by atoms with Crippen LogP contribution in [-0.4, -0.2) is 19.9 Å². The zero-order valence-electron chi connectivity index (χ0n) is 5.99. The summed E-state index contributed by atoms with van der Waals surface area (Å²) in [5.41, 5.74) is 0.939. The van der Waals surface area contributed by atoms with Crippen molar-refractivity contribution >= 4 is 34.9 Å². The largest absolute Gasteiger partial charge is 0.347 e. The number of aromatic amines is 1. The van der Waals surface area contributed by atoms with Crippen LogP contribution in [0.1, 0.15) is 0 Å². The van der Waals surface area contributed by atoms with Crippen molar-refractivity contribution in [3.05, 3.63) is 6.20 Å². The third-order valence-corrected chi connectivity index (χ3v) is 1.62. The summed E-state index contributed by atoms with van der Waals surface area (Å²) >= 11 is 10.1. The van der Waals surface area contributed by atoms with Gasteiger partial charge in [0.1, 0.15) is 29.2 Å². The standard InChI is InChI=1S/C5H2Cl2N4O2/c6-12-4-8-1-2-3(10-4)11-5(9-2)13-7/h1H,(H,8,9,10,11). The molecule has 0 spiro atoms. The molecule has 1 N–H and O–H groups in total. The number of imidazole rings is 1. The first-order valence-corrected chi connectivity index (χ1v) is 3.75. The smallest absolute Gasteiger partial charge is 0.337 e. The molecule has 2 heterocycles. The van der Waals surface area contributed by atoms with Crippen LogP contribution in [0.3, 0.4) is 0 Å².